The fourth-order valence-corrected chi connectivity index (χ4v) is 1.79. The van der Waals surface area contributed by atoms with E-state index in [2.05, 4.69) is 0 Å². The molecule has 0 amide bonds. The van der Waals surface area contributed by atoms with Crippen LogP contribution in [0.5, 0.6) is 11.5 Å². The van der Waals surface area contributed by atoms with Crippen molar-refractivity contribution in [1.82, 2.24) is 0 Å². The molecule has 1 unspecified atom stereocenters. The molecule has 3 heteroatoms. The average molecular weight is 205 g/mol. The van der Waals surface area contributed by atoms with Gasteiger partial charge in [0, 0.05) is 18.0 Å². The van der Waals surface area contributed by atoms with Crippen LogP contribution in [0.15, 0.2) is 30.0 Å². The Balaban J connectivity index is 2.17. The molecule has 2 rings (SSSR count). The molecule has 15 heavy (non-hydrogen) atoms. The molecule has 0 radical (unpaired) electrons. The Hall–Kier alpha value is -1.48. The first-order valence-corrected chi connectivity index (χ1v) is 5.07. The van der Waals surface area contributed by atoms with Gasteiger partial charge in [-0.2, -0.15) is 0 Å². The predicted octanol–water partition coefficient (Wildman–Crippen LogP) is 1.95. The van der Waals surface area contributed by atoms with E-state index in [1.165, 1.54) is 5.57 Å². The Morgan fingerprint density at radius 2 is 2.33 bits per heavy atom. The van der Waals surface area contributed by atoms with Crippen molar-refractivity contribution in [2.75, 3.05) is 0 Å². The first-order chi connectivity index (χ1) is 7.15. The van der Waals surface area contributed by atoms with E-state index in [1.54, 1.807) is 24.5 Å². The van der Waals surface area contributed by atoms with Crippen LogP contribution in [0, 0.1) is 0 Å². The lowest BCUT2D eigenvalue weighted by Crippen LogP contribution is -2.17. The molecule has 0 saturated heterocycles. The smallest absolute Gasteiger partial charge is 0.130 e. The minimum absolute atomic E-state index is 0.138. The number of fused-ring (bicyclic) bond motifs is 1. The Labute approximate surface area is 89.2 Å². The molecule has 3 nitrogen and oxygen atoms in total. The van der Waals surface area contributed by atoms with Gasteiger partial charge in [0.1, 0.15) is 11.5 Å². The summed E-state index contributed by atoms with van der Waals surface area (Å²) in [6.07, 6.45) is 3.41. The van der Waals surface area contributed by atoms with Gasteiger partial charge in [-0.15, -0.1) is 0 Å². The van der Waals surface area contributed by atoms with E-state index in [1.807, 2.05) is 6.92 Å². The van der Waals surface area contributed by atoms with E-state index in [4.69, 9.17) is 10.5 Å². The minimum atomic E-state index is 0.138. The van der Waals surface area contributed by atoms with Gasteiger partial charge in [0.2, 0.25) is 0 Å². The Morgan fingerprint density at radius 1 is 1.53 bits per heavy atom. The number of aromatic hydroxyl groups is 1. The maximum Gasteiger partial charge on any atom is 0.130 e. The molecule has 0 bridgehead atoms. The van der Waals surface area contributed by atoms with Gasteiger partial charge in [-0.25, -0.2) is 0 Å². The fraction of sp³-hybridized carbons (Fsp3) is 0.333. The number of phenols is 1. The van der Waals surface area contributed by atoms with E-state index < -0.39 is 0 Å². The maximum atomic E-state index is 9.36. The third-order valence-electron chi connectivity index (χ3n) is 2.40. The SMILES string of the molecule is CC(N)CC1=COc2ccc(O)cc2C1. The first-order valence-electron chi connectivity index (χ1n) is 5.07. The molecule has 1 aliphatic heterocycles. The normalized spacial score (nSPS) is 16.3. The molecule has 0 aliphatic carbocycles. The quantitative estimate of drug-likeness (QED) is 0.775. The molecule has 3 N–H and O–H groups in total. The van der Waals surface area contributed by atoms with Gasteiger partial charge in [-0.1, -0.05) is 0 Å². The summed E-state index contributed by atoms with van der Waals surface area (Å²) in [7, 11) is 0. The zero-order valence-electron chi connectivity index (χ0n) is 8.73. The van der Waals surface area contributed by atoms with Crippen molar-refractivity contribution in [3.05, 3.63) is 35.6 Å². The van der Waals surface area contributed by atoms with Crippen molar-refractivity contribution in [2.24, 2.45) is 5.73 Å². The van der Waals surface area contributed by atoms with Crippen LogP contribution in [0.25, 0.3) is 0 Å². The van der Waals surface area contributed by atoms with E-state index in [-0.39, 0.29) is 11.8 Å². The predicted molar refractivity (Wildman–Crippen MR) is 58.8 cm³/mol. The van der Waals surface area contributed by atoms with Crippen molar-refractivity contribution < 1.29 is 9.84 Å². The van der Waals surface area contributed by atoms with E-state index >= 15 is 0 Å². The lowest BCUT2D eigenvalue weighted by molar-refractivity contribution is 0.441. The largest absolute Gasteiger partial charge is 0.508 e. The summed E-state index contributed by atoms with van der Waals surface area (Å²) in [4.78, 5) is 0. The van der Waals surface area contributed by atoms with Crippen molar-refractivity contribution in [2.45, 2.75) is 25.8 Å². The van der Waals surface area contributed by atoms with Crippen molar-refractivity contribution in [1.29, 1.82) is 0 Å². The molecule has 1 aromatic rings. The highest BCUT2D eigenvalue weighted by atomic mass is 16.5. The van der Waals surface area contributed by atoms with E-state index in [0.29, 0.717) is 0 Å². The van der Waals surface area contributed by atoms with Gasteiger partial charge in [0.15, 0.2) is 0 Å². The van der Waals surface area contributed by atoms with Crippen LogP contribution < -0.4 is 10.5 Å². The number of benzene rings is 1. The van der Waals surface area contributed by atoms with Gasteiger partial charge in [-0.05, 0) is 37.1 Å². The zero-order chi connectivity index (χ0) is 10.8. The Bertz CT molecular complexity index is 397. The average Bonchev–Trinajstić information content (AvgIpc) is 2.16. The van der Waals surface area contributed by atoms with Gasteiger partial charge >= 0.3 is 0 Å². The van der Waals surface area contributed by atoms with Crippen LogP contribution in [-0.4, -0.2) is 11.1 Å². The van der Waals surface area contributed by atoms with Crippen molar-refractivity contribution in [3.8, 4) is 11.5 Å². The number of nitrogens with two attached hydrogens (primary N) is 1. The summed E-state index contributed by atoms with van der Waals surface area (Å²) in [5, 5.41) is 9.36. The second-order valence-electron chi connectivity index (χ2n) is 4.04. The summed E-state index contributed by atoms with van der Waals surface area (Å²) >= 11 is 0. The highest BCUT2D eigenvalue weighted by Gasteiger charge is 2.13. The molecule has 1 aromatic carbocycles. The Kier molecular flexibility index (Phi) is 2.64. The Morgan fingerprint density at radius 3 is 3.07 bits per heavy atom. The molecule has 0 saturated carbocycles. The van der Waals surface area contributed by atoms with Crippen LogP contribution >= 0.6 is 0 Å². The molecule has 1 atom stereocenters. The number of hydrogen-bond donors (Lipinski definition) is 2. The van der Waals surface area contributed by atoms with E-state index in [9.17, 15) is 5.11 Å². The van der Waals surface area contributed by atoms with Crippen LogP contribution in [0.4, 0.5) is 0 Å². The van der Waals surface area contributed by atoms with Crippen molar-refractivity contribution in [3.63, 3.8) is 0 Å². The third-order valence-corrected chi connectivity index (χ3v) is 2.40. The maximum absolute atomic E-state index is 9.36. The number of ether oxygens (including phenoxy) is 1. The molecule has 0 aromatic heterocycles. The zero-order valence-corrected chi connectivity index (χ0v) is 8.73. The summed E-state index contributed by atoms with van der Waals surface area (Å²) in [6, 6.07) is 5.29. The lowest BCUT2D eigenvalue weighted by Gasteiger charge is -2.18. The molecular weight excluding hydrogens is 190 g/mol. The monoisotopic (exact) mass is 205 g/mol. The number of hydrogen-bond acceptors (Lipinski definition) is 3. The van der Waals surface area contributed by atoms with Gasteiger partial charge in [0.25, 0.3) is 0 Å². The second kappa shape index (κ2) is 3.95. The van der Waals surface area contributed by atoms with Crippen LogP contribution in [0.3, 0.4) is 0 Å². The summed E-state index contributed by atoms with van der Waals surface area (Å²) in [6.45, 7) is 1.97. The minimum Gasteiger partial charge on any atom is -0.508 e. The van der Waals surface area contributed by atoms with Gasteiger partial charge < -0.3 is 15.6 Å². The first kappa shape index (κ1) is 10.1. The van der Waals surface area contributed by atoms with Crippen LogP contribution in [0.2, 0.25) is 0 Å². The second-order valence-corrected chi connectivity index (χ2v) is 4.04. The standard InChI is InChI=1S/C12H15NO2/c1-8(13)4-9-5-10-6-11(14)2-3-12(10)15-7-9/h2-3,6-8,14H,4-5,13H2,1H3. The number of phenolic OH excluding ortho intramolecular Hbond substituents is 1. The molecule has 1 aliphatic rings. The molecule has 80 valence electrons. The van der Waals surface area contributed by atoms with Crippen LogP contribution in [0.1, 0.15) is 18.9 Å². The molecular formula is C12H15NO2. The highest BCUT2D eigenvalue weighted by Crippen LogP contribution is 2.30. The highest BCUT2D eigenvalue weighted by molar-refractivity contribution is 5.44. The summed E-state index contributed by atoms with van der Waals surface area (Å²) < 4.78 is 5.46. The number of rotatable bonds is 2. The fourth-order valence-electron chi connectivity index (χ4n) is 1.79. The topological polar surface area (TPSA) is 55.5 Å². The van der Waals surface area contributed by atoms with E-state index in [0.717, 1.165) is 24.2 Å². The molecule has 0 spiro atoms. The lowest BCUT2D eigenvalue weighted by atomic mass is 9.98. The summed E-state index contributed by atoms with van der Waals surface area (Å²) in [5.41, 5.74) is 7.92. The summed E-state index contributed by atoms with van der Waals surface area (Å²) in [5.74, 6) is 1.10. The van der Waals surface area contributed by atoms with Gasteiger partial charge in [-0.3, -0.25) is 0 Å². The van der Waals surface area contributed by atoms with Gasteiger partial charge in [0.05, 0.1) is 6.26 Å². The molecule has 1 heterocycles. The molecule has 0 fully saturated rings. The third kappa shape index (κ3) is 2.30. The van der Waals surface area contributed by atoms with Crippen molar-refractivity contribution >= 4 is 0 Å². The van der Waals surface area contributed by atoms with Crippen LogP contribution in [-0.2, 0) is 6.42 Å².